The van der Waals surface area contributed by atoms with E-state index in [1.807, 2.05) is 7.05 Å². The Hall–Kier alpha value is -1.07. The molecule has 0 spiro atoms. The first-order chi connectivity index (χ1) is 12.0. The van der Waals surface area contributed by atoms with E-state index in [9.17, 15) is 0 Å². The monoisotopic (exact) mass is 405 g/mol. The first-order valence-electron chi connectivity index (χ1n) is 9.31. The Morgan fingerprint density at radius 3 is 2.84 bits per heavy atom. The standard InChI is InChI=1S/C20H28BrN3O/c1-19(2)16(15-7-10-25-17(15)19)24-18(22-3)23-12-20(8-9-20)13-5-4-6-14(21)11-13/h4-6,11,15-17H,7-10,12H2,1-3H3,(H2,22,23,24). The molecule has 4 rings (SSSR count). The lowest BCUT2D eigenvalue weighted by atomic mass is 9.57. The first kappa shape index (κ1) is 17.3. The normalized spacial score (nSPS) is 31.8. The molecule has 0 bridgehead atoms. The van der Waals surface area contributed by atoms with Gasteiger partial charge in [0.2, 0.25) is 0 Å². The zero-order valence-corrected chi connectivity index (χ0v) is 16.9. The molecule has 2 aliphatic carbocycles. The van der Waals surface area contributed by atoms with Crippen LogP contribution >= 0.6 is 15.9 Å². The van der Waals surface area contributed by atoms with E-state index in [0.29, 0.717) is 18.1 Å². The zero-order chi connectivity index (χ0) is 17.7. The first-order valence-corrected chi connectivity index (χ1v) is 10.1. The van der Waals surface area contributed by atoms with Crippen LogP contribution in [0.2, 0.25) is 0 Å². The van der Waals surface area contributed by atoms with Crippen molar-refractivity contribution in [3.05, 3.63) is 34.3 Å². The minimum absolute atomic E-state index is 0.167. The molecule has 3 unspecified atom stereocenters. The van der Waals surface area contributed by atoms with Crippen LogP contribution in [0.5, 0.6) is 0 Å². The van der Waals surface area contributed by atoms with Gasteiger partial charge in [0.15, 0.2) is 5.96 Å². The molecular formula is C20H28BrN3O. The maximum atomic E-state index is 5.90. The van der Waals surface area contributed by atoms with Crippen molar-refractivity contribution in [1.82, 2.24) is 10.6 Å². The van der Waals surface area contributed by atoms with Gasteiger partial charge in [-0.05, 0) is 37.0 Å². The van der Waals surface area contributed by atoms with E-state index < -0.39 is 0 Å². The Kier molecular flexibility index (Phi) is 4.35. The lowest BCUT2D eigenvalue weighted by Gasteiger charge is -2.55. The summed E-state index contributed by atoms with van der Waals surface area (Å²) in [4.78, 5) is 4.48. The van der Waals surface area contributed by atoms with Crippen LogP contribution in [0, 0.1) is 11.3 Å². The summed E-state index contributed by atoms with van der Waals surface area (Å²) in [5.74, 6) is 1.54. The van der Waals surface area contributed by atoms with Gasteiger partial charge in [-0.1, -0.05) is 41.9 Å². The van der Waals surface area contributed by atoms with E-state index in [1.54, 1.807) is 0 Å². The number of nitrogens with one attached hydrogen (secondary N) is 2. The van der Waals surface area contributed by atoms with E-state index in [0.717, 1.165) is 30.0 Å². The van der Waals surface area contributed by atoms with Crippen LogP contribution in [0.1, 0.15) is 38.7 Å². The second-order valence-electron chi connectivity index (χ2n) is 8.40. The van der Waals surface area contributed by atoms with Gasteiger partial charge in [0.25, 0.3) is 0 Å². The van der Waals surface area contributed by atoms with Crippen LogP contribution in [0.4, 0.5) is 0 Å². The number of rotatable bonds is 4. The van der Waals surface area contributed by atoms with Crippen LogP contribution in [0.3, 0.4) is 0 Å². The Balaban J connectivity index is 1.39. The van der Waals surface area contributed by atoms with E-state index >= 15 is 0 Å². The molecule has 0 radical (unpaired) electrons. The third-order valence-electron chi connectivity index (χ3n) is 6.50. The van der Waals surface area contributed by atoms with Crippen molar-refractivity contribution < 1.29 is 4.74 Å². The van der Waals surface area contributed by atoms with Gasteiger partial charge in [0.1, 0.15) is 0 Å². The summed E-state index contributed by atoms with van der Waals surface area (Å²) in [6.07, 6.45) is 4.03. The van der Waals surface area contributed by atoms with Gasteiger partial charge >= 0.3 is 0 Å². The topological polar surface area (TPSA) is 45.7 Å². The predicted octanol–water partition coefficient (Wildman–Crippen LogP) is 3.46. The smallest absolute Gasteiger partial charge is 0.191 e. The van der Waals surface area contributed by atoms with Gasteiger partial charge < -0.3 is 15.4 Å². The number of benzene rings is 1. The number of ether oxygens (including phenoxy) is 1. The molecule has 5 heteroatoms. The second kappa shape index (κ2) is 6.27. The Bertz CT molecular complexity index is 683. The molecular weight excluding hydrogens is 378 g/mol. The number of nitrogens with zero attached hydrogens (tertiary/aromatic N) is 1. The van der Waals surface area contributed by atoms with Crippen molar-refractivity contribution in [2.24, 2.45) is 16.3 Å². The number of hydrogen-bond donors (Lipinski definition) is 2. The van der Waals surface area contributed by atoms with Crippen LogP contribution in [0.25, 0.3) is 0 Å². The highest BCUT2D eigenvalue weighted by atomic mass is 79.9. The molecule has 2 saturated carbocycles. The highest BCUT2D eigenvalue weighted by Crippen LogP contribution is 2.52. The van der Waals surface area contributed by atoms with Gasteiger partial charge in [-0.3, -0.25) is 4.99 Å². The van der Waals surface area contributed by atoms with Gasteiger partial charge in [-0.25, -0.2) is 0 Å². The molecule has 3 atom stereocenters. The number of guanidine groups is 1. The van der Waals surface area contributed by atoms with E-state index in [-0.39, 0.29) is 10.8 Å². The number of hydrogen-bond acceptors (Lipinski definition) is 2. The minimum atomic E-state index is 0.167. The van der Waals surface area contributed by atoms with E-state index in [2.05, 4.69) is 69.7 Å². The molecule has 136 valence electrons. The van der Waals surface area contributed by atoms with Crippen molar-refractivity contribution in [3.63, 3.8) is 0 Å². The van der Waals surface area contributed by atoms with Crippen molar-refractivity contribution in [3.8, 4) is 0 Å². The molecule has 1 heterocycles. The second-order valence-corrected chi connectivity index (χ2v) is 9.32. The van der Waals surface area contributed by atoms with Crippen molar-refractivity contribution >= 4 is 21.9 Å². The maximum absolute atomic E-state index is 5.90. The summed E-state index contributed by atoms with van der Waals surface area (Å²) < 4.78 is 7.06. The molecule has 3 aliphatic rings. The fraction of sp³-hybridized carbons (Fsp3) is 0.650. The van der Waals surface area contributed by atoms with Crippen LogP contribution in [-0.4, -0.2) is 38.3 Å². The molecule has 1 saturated heterocycles. The van der Waals surface area contributed by atoms with E-state index in [4.69, 9.17) is 4.74 Å². The summed E-state index contributed by atoms with van der Waals surface area (Å²) in [5, 5.41) is 7.27. The van der Waals surface area contributed by atoms with E-state index in [1.165, 1.54) is 18.4 Å². The molecule has 1 aromatic rings. The summed E-state index contributed by atoms with van der Waals surface area (Å²) in [7, 11) is 1.86. The molecule has 3 fully saturated rings. The molecule has 1 aromatic carbocycles. The largest absolute Gasteiger partial charge is 0.377 e. The fourth-order valence-corrected chi connectivity index (χ4v) is 5.15. The molecule has 0 aromatic heterocycles. The van der Waals surface area contributed by atoms with Crippen molar-refractivity contribution in [2.45, 2.75) is 50.7 Å². The summed E-state index contributed by atoms with van der Waals surface area (Å²) in [5.41, 5.74) is 1.84. The van der Waals surface area contributed by atoms with Crippen LogP contribution in [-0.2, 0) is 10.2 Å². The third-order valence-corrected chi connectivity index (χ3v) is 6.99. The van der Waals surface area contributed by atoms with Crippen molar-refractivity contribution in [1.29, 1.82) is 0 Å². The fourth-order valence-electron chi connectivity index (χ4n) is 4.75. The Morgan fingerprint density at radius 2 is 2.16 bits per heavy atom. The Morgan fingerprint density at radius 1 is 1.36 bits per heavy atom. The number of fused-ring (bicyclic) bond motifs is 1. The van der Waals surface area contributed by atoms with Gasteiger partial charge in [0, 0.05) is 47.5 Å². The molecule has 4 nitrogen and oxygen atoms in total. The summed E-state index contributed by atoms with van der Waals surface area (Å²) in [6.45, 7) is 6.43. The molecule has 1 aliphatic heterocycles. The van der Waals surface area contributed by atoms with Gasteiger partial charge in [-0.2, -0.15) is 0 Å². The minimum Gasteiger partial charge on any atom is -0.377 e. The number of aliphatic imine (C=N–C) groups is 1. The van der Waals surface area contributed by atoms with Crippen LogP contribution in [0.15, 0.2) is 33.7 Å². The predicted molar refractivity (Wildman–Crippen MR) is 105 cm³/mol. The van der Waals surface area contributed by atoms with Crippen LogP contribution < -0.4 is 10.6 Å². The third kappa shape index (κ3) is 2.99. The quantitative estimate of drug-likeness (QED) is 0.595. The lowest BCUT2D eigenvalue weighted by Crippen LogP contribution is -2.68. The summed E-state index contributed by atoms with van der Waals surface area (Å²) >= 11 is 3.60. The Labute approximate surface area is 158 Å². The van der Waals surface area contributed by atoms with Crippen molar-refractivity contribution in [2.75, 3.05) is 20.2 Å². The highest BCUT2D eigenvalue weighted by Gasteiger charge is 2.59. The zero-order valence-electron chi connectivity index (χ0n) is 15.3. The lowest BCUT2D eigenvalue weighted by molar-refractivity contribution is -0.106. The maximum Gasteiger partial charge on any atom is 0.191 e. The number of halogens is 1. The average Bonchev–Trinajstić information content (AvgIpc) is 3.24. The summed E-state index contributed by atoms with van der Waals surface area (Å²) in [6, 6.07) is 9.15. The molecule has 25 heavy (non-hydrogen) atoms. The highest BCUT2D eigenvalue weighted by molar-refractivity contribution is 9.10. The molecule has 2 N–H and O–H groups in total. The average molecular weight is 406 g/mol. The van der Waals surface area contributed by atoms with Gasteiger partial charge in [0.05, 0.1) is 6.10 Å². The molecule has 0 amide bonds. The SMILES string of the molecule is CN=C(NCC1(c2cccc(Br)c2)CC1)NC1C2CCOC2C1(C)C. The van der Waals surface area contributed by atoms with Gasteiger partial charge in [-0.15, -0.1) is 0 Å².